The van der Waals surface area contributed by atoms with Gasteiger partial charge in [0.25, 0.3) is 0 Å². The predicted molar refractivity (Wildman–Crippen MR) is 180 cm³/mol. The van der Waals surface area contributed by atoms with E-state index in [0.717, 1.165) is 16.7 Å². The van der Waals surface area contributed by atoms with Crippen LogP contribution < -0.4 is 29.4 Å². The van der Waals surface area contributed by atoms with Crippen molar-refractivity contribution >= 4 is 29.2 Å². The number of allylic oxidation sites excluding steroid dienone is 1. The minimum atomic E-state index is -0.588. The number of carbonyl (C=O) groups is 1. The van der Waals surface area contributed by atoms with Crippen LogP contribution in [0.2, 0.25) is 10.0 Å². The van der Waals surface area contributed by atoms with Crippen molar-refractivity contribution in [1.29, 1.82) is 5.26 Å². The van der Waals surface area contributed by atoms with E-state index in [0.29, 0.717) is 45.2 Å². The Bertz CT molecular complexity index is 1860. The van der Waals surface area contributed by atoms with Crippen LogP contribution in [0.15, 0.2) is 90.3 Å². The van der Waals surface area contributed by atoms with Gasteiger partial charge in [-0.15, -0.1) is 0 Å². The zero-order valence-electron chi connectivity index (χ0n) is 26.4. The zero-order chi connectivity index (χ0) is 33.7. The van der Waals surface area contributed by atoms with Gasteiger partial charge in [0.2, 0.25) is 5.88 Å². The number of hydrogen-bond donors (Lipinski definition) is 1. The summed E-state index contributed by atoms with van der Waals surface area (Å²) in [5.74, 6) is 0.924. The van der Waals surface area contributed by atoms with Gasteiger partial charge in [-0.2, -0.15) is 5.26 Å². The number of hydrogen-bond acceptors (Lipinski definition) is 8. The molecule has 0 fully saturated rings. The van der Waals surface area contributed by atoms with Crippen molar-refractivity contribution in [1.82, 2.24) is 0 Å². The molecule has 0 bridgehead atoms. The maximum absolute atomic E-state index is 12.6. The predicted octanol–water partition coefficient (Wildman–Crippen LogP) is 8.47. The lowest BCUT2D eigenvalue weighted by Crippen LogP contribution is -2.22. The van der Waals surface area contributed by atoms with E-state index in [4.69, 9.17) is 52.6 Å². The lowest BCUT2D eigenvalue weighted by molar-refractivity contribution is -0.136. The SMILES string of the molecule is CCOc1cc(C2C(C#N)=C(N)Oc3cc(OC(=O)COc4ccc(C(C)(C)C)cc4)ccc32)ccc1OCc1ccc(Cl)cc1Cl. The lowest BCUT2D eigenvalue weighted by Gasteiger charge is -2.27. The number of rotatable bonds is 10. The Labute approximate surface area is 284 Å². The Balaban J connectivity index is 1.34. The molecule has 0 aliphatic carbocycles. The summed E-state index contributed by atoms with van der Waals surface area (Å²) in [5, 5.41) is 11.1. The number of halogens is 2. The second kappa shape index (κ2) is 14.3. The molecule has 1 aliphatic heterocycles. The number of nitrogens with zero attached hydrogens (tertiary/aromatic N) is 1. The van der Waals surface area contributed by atoms with Gasteiger partial charge in [-0.3, -0.25) is 0 Å². The van der Waals surface area contributed by atoms with Crippen LogP contribution in [0.25, 0.3) is 0 Å². The van der Waals surface area contributed by atoms with Gasteiger partial charge in [0, 0.05) is 27.2 Å². The normalized spacial score (nSPS) is 14.0. The summed E-state index contributed by atoms with van der Waals surface area (Å²) in [6.07, 6.45) is 0. The minimum absolute atomic E-state index is 0.00868. The highest BCUT2D eigenvalue weighted by Gasteiger charge is 2.32. The first-order valence-electron chi connectivity index (χ1n) is 15.0. The van der Waals surface area contributed by atoms with E-state index in [1.165, 1.54) is 0 Å². The highest BCUT2D eigenvalue weighted by molar-refractivity contribution is 6.35. The fraction of sp³-hybridized carbons (Fsp3) is 0.243. The topological polar surface area (TPSA) is 113 Å². The Morgan fingerprint density at radius 3 is 2.34 bits per heavy atom. The quantitative estimate of drug-likeness (QED) is 0.132. The van der Waals surface area contributed by atoms with Gasteiger partial charge in [-0.05, 0) is 65.9 Å². The molecule has 0 aromatic heterocycles. The molecular weight excluding hydrogens is 639 g/mol. The molecule has 10 heteroatoms. The first-order valence-corrected chi connectivity index (χ1v) is 15.7. The van der Waals surface area contributed by atoms with Crippen LogP contribution >= 0.6 is 23.2 Å². The molecule has 1 aliphatic rings. The van der Waals surface area contributed by atoms with Gasteiger partial charge in [-0.1, -0.05) is 74.3 Å². The number of nitrogens with two attached hydrogens (primary N) is 1. The lowest BCUT2D eigenvalue weighted by atomic mass is 9.83. The van der Waals surface area contributed by atoms with E-state index in [1.54, 1.807) is 42.5 Å². The largest absolute Gasteiger partial charge is 0.490 e. The molecule has 4 aromatic rings. The van der Waals surface area contributed by atoms with Crippen LogP contribution in [0.5, 0.6) is 28.7 Å². The summed E-state index contributed by atoms with van der Waals surface area (Å²) in [6, 6.07) is 25.4. The molecule has 47 heavy (non-hydrogen) atoms. The first-order chi connectivity index (χ1) is 22.5. The molecule has 0 amide bonds. The molecular formula is C37H34Cl2N2O6. The van der Waals surface area contributed by atoms with Crippen LogP contribution in [0.4, 0.5) is 0 Å². The third-order valence-electron chi connectivity index (χ3n) is 7.50. The molecule has 242 valence electrons. The van der Waals surface area contributed by atoms with Crippen molar-refractivity contribution in [2.24, 2.45) is 5.73 Å². The summed E-state index contributed by atoms with van der Waals surface area (Å²) in [6.45, 7) is 8.54. The van der Waals surface area contributed by atoms with E-state index < -0.39 is 11.9 Å². The van der Waals surface area contributed by atoms with Crippen molar-refractivity contribution in [3.63, 3.8) is 0 Å². The van der Waals surface area contributed by atoms with E-state index >= 15 is 0 Å². The van der Waals surface area contributed by atoms with Gasteiger partial charge >= 0.3 is 5.97 Å². The molecule has 1 heterocycles. The fourth-order valence-electron chi connectivity index (χ4n) is 5.08. The number of benzene rings is 4. The van der Waals surface area contributed by atoms with Crippen molar-refractivity contribution in [3.8, 4) is 34.8 Å². The number of esters is 1. The third kappa shape index (κ3) is 7.94. The highest BCUT2D eigenvalue weighted by Crippen LogP contribution is 2.45. The Hall–Kier alpha value is -4.84. The van der Waals surface area contributed by atoms with Crippen LogP contribution in [-0.2, 0) is 16.8 Å². The van der Waals surface area contributed by atoms with Crippen molar-refractivity contribution in [2.75, 3.05) is 13.2 Å². The molecule has 2 N–H and O–H groups in total. The summed E-state index contributed by atoms with van der Waals surface area (Å²) < 4.78 is 29.0. The monoisotopic (exact) mass is 672 g/mol. The molecule has 0 saturated carbocycles. The van der Waals surface area contributed by atoms with Crippen LogP contribution in [0.1, 0.15) is 55.9 Å². The Morgan fingerprint density at radius 2 is 1.66 bits per heavy atom. The van der Waals surface area contributed by atoms with Gasteiger partial charge in [-0.25, -0.2) is 4.79 Å². The number of ether oxygens (including phenoxy) is 5. The van der Waals surface area contributed by atoms with Gasteiger partial charge in [0.15, 0.2) is 18.1 Å². The molecule has 1 unspecified atom stereocenters. The fourth-order valence-corrected chi connectivity index (χ4v) is 5.55. The maximum atomic E-state index is 12.6. The average molecular weight is 674 g/mol. The maximum Gasteiger partial charge on any atom is 0.349 e. The number of fused-ring (bicyclic) bond motifs is 1. The second-order valence-corrected chi connectivity index (χ2v) is 12.7. The smallest absolute Gasteiger partial charge is 0.349 e. The molecule has 0 saturated heterocycles. The first kappa shape index (κ1) is 33.5. The summed E-state index contributed by atoms with van der Waals surface area (Å²) in [4.78, 5) is 12.6. The zero-order valence-corrected chi connectivity index (χ0v) is 27.9. The van der Waals surface area contributed by atoms with Gasteiger partial charge in [0.1, 0.15) is 35.5 Å². The molecule has 5 rings (SSSR count). The number of nitriles is 1. The van der Waals surface area contributed by atoms with Crippen molar-refractivity contribution < 1.29 is 28.5 Å². The molecule has 8 nitrogen and oxygen atoms in total. The van der Waals surface area contributed by atoms with Crippen LogP contribution in [0.3, 0.4) is 0 Å². The minimum Gasteiger partial charge on any atom is -0.490 e. The van der Waals surface area contributed by atoms with Crippen LogP contribution in [0, 0.1) is 11.3 Å². The summed E-state index contributed by atoms with van der Waals surface area (Å²) in [7, 11) is 0. The van der Waals surface area contributed by atoms with Crippen LogP contribution in [-0.4, -0.2) is 19.2 Å². The Kier molecular flexibility index (Phi) is 10.2. The van der Waals surface area contributed by atoms with Crippen molar-refractivity contribution in [3.05, 3.63) is 123 Å². The number of carbonyl (C=O) groups excluding carboxylic acids is 1. The summed E-state index contributed by atoms with van der Waals surface area (Å²) in [5.41, 5.74) is 9.78. The molecule has 4 aromatic carbocycles. The average Bonchev–Trinajstić information content (AvgIpc) is 3.03. The highest BCUT2D eigenvalue weighted by atomic mass is 35.5. The molecule has 0 spiro atoms. The molecule has 0 radical (unpaired) electrons. The van der Waals surface area contributed by atoms with E-state index in [1.807, 2.05) is 43.3 Å². The van der Waals surface area contributed by atoms with Gasteiger partial charge in [0.05, 0.1) is 12.5 Å². The van der Waals surface area contributed by atoms with Gasteiger partial charge < -0.3 is 29.4 Å². The van der Waals surface area contributed by atoms with E-state index in [-0.39, 0.29) is 35.8 Å². The third-order valence-corrected chi connectivity index (χ3v) is 8.09. The standard InChI is InChI=1S/C37H34Cl2N2O6/c1-5-43-33-16-22(7-15-31(33)45-20-23-6-10-25(38)17-30(23)39)35-28-14-13-27(18-32(28)47-36(41)29(35)19-40)46-34(42)21-44-26-11-8-24(9-12-26)37(2,3)4/h6-18,35H,5,20-21,41H2,1-4H3. The summed E-state index contributed by atoms with van der Waals surface area (Å²) >= 11 is 12.3. The molecule has 1 atom stereocenters. The van der Waals surface area contributed by atoms with Crippen molar-refractivity contribution in [2.45, 2.75) is 45.6 Å². The Morgan fingerprint density at radius 1 is 0.915 bits per heavy atom. The van der Waals surface area contributed by atoms with E-state index in [9.17, 15) is 10.1 Å². The van der Waals surface area contributed by atoms with E-state index in [2.05, 4.69) is 26.8 Å². The second-order valence-electron chi connectivity index (χ2n) is 11.8.